The molecule has 0 aliphatic rings. The molecule has 0 spiro atoms. The van der Waals surface area contributed by atoms with Crippen LogP contribution in [0.25, 0.3) is 0 Å². The predicted molar refractivity (Wildman–Crippen MR) is 81.6 cm³/mol. The Hall–Kier alpha value is -1.59. The Morgan fingerprint density at radius 2 is 2.00 bits per heavy atom. The minimum absolute atomic E-state index is 0.0690. The Morgan fingerprint density at radius 1 is 1.30 bits per heavy atom. The number of halogens is 1. The van der Waals surface area contributed by atoms with Gasteiger partial charge in [-0.15, -0.1) is 0 Å². The van der Waals surface area contributed by atoms with Crippen LogP contribution in [0.15, 0.2) is 51.7 Å². The van der Waals surface area contributed by atoms with Gasteiger partial charge in [0.1, 0.15) is 0 Å². The van der Waals surface area contributed by atoms with E-state index >= 15 is 0 Å². The lowest BCUT2D eigenvalue weighted by Crippen LogP contribution is -2.35. The van der Waals surface area contributed by atoms with Crippen molar-refractivity contribution in [2.45, 2.75) is 6.04 Å². The second-order valence-corrected chi connectivity index (χ2v) is 5.53. The molecular weight excluding hydrogens is 320 g/mol. The lowest BCUT2D eigenvalue weighted by molar-refractivity contribution is 0.0928. The monoisotopic (exact) mass is 336 g/mol. The van der Waals surface area contributed by atoms with Gasteiger partial charge < -0.3 is 14.6 Å². The van der Waals surface area contributed by atoms with Crippen LogP contribution in [0.5, 0.6) is 0 Å². The van der Waals surface area contributed by atoms with Crippen LogP contribution in [-0.4, -0.2) is 31.4 Å². The van der Waals surface area contributed by atoms with Crippen LogP contribution in [0.2, 0.25) is 0 Å². The van der Waals surface area contributed by atoms with E-state index in [4.69, 9.17) is 4.42 Å². The molecule has 5 heteroatoms. The van der Waals surface area contributed by atoms with Crippen molar-refractivity contribution in [2.75, 3.05) is 20.6 Å². The quantitative estimate of drug-likeness (QED) is 0.912. The number of furan rings is 1. The topological polar surface area (TPSA) is 45.5 Å². The van der Waals surface area contributed by atoms with Gasteiger partial charge in [-0.1, -0.05) is 30.3 Å². The zero-order valence-electron chi connectivity index (χ0n) is 11.5. The molecule has 0 aliphatic carbocycles. The lowest BCUT2D eigenvalue weighted by atomic mass is 10.1. The van der Waals surface area contributed by atoms with E-state index in [0.717, 1.165) is 12.1 Å². The van der Waals surface area contributed by atoms with E-state index < -0.39 is 0 Å². The summed E-state index contributed by atoms with van der Waals surface area (Å²) < 4.78 is 5.55. The van der Waals surface area contributed by atoms with E-state index in [-0.39, 0.29) is 11.9 Å². The van der Waals surface area contributed by atoms with Gasteiger partial charge in [-0.2, -0.15) is 0 Å². The standard InChI is InChI=1S/C15H17BrN2O2/c1-18(2)10-13(11-6-4-3-5-7-11)17-15(19)12-8-9-20-14(12)16/h3-9,13H,10H2,1-2H3,(H,17,19). The molecule has 1 aromatic carbocycles. The summed E-state index contributed by atoms with van der Waals surface area (Å²) >= 11 is 3.23. The first-order valence-corrected chi connectivity index (χ1v) is 7.10. The maximum Gasteiger partial charge on any atom is 0.256 e. The van der Waals surface area contributed by atoms with Crippen LogP contribution in [0.4, 0.5) is 0 Å². The van der Waals surface area contributed by atoms with Gasteiger partial charge in [-0.05, 0) is 41.7 Å². The lowest BCUT2D eigenvalue weighted by Gasteiger charge is -2.22. The normalized spacial score (nSPS) is 12.4. The molecule has 2 rings (SSSR count). The van der Waals surface area contributed by atoms with Crippen molar-refractivity contribution in [3.8, 4) is 0 Å². The Balaban J connectivity index is 2.16. The van der Waals surface area contributed by atoms with Gasteiger partial charge in [0.15, 0.2) is 4.67 Å². The predicted octanol–water partition coefficient (Wildman–Crippen LogP) is 3.07. The highest BCUT2D eigenvalue weighted by Gasteiger charge is 2.19. The van der Waals surface area contributed by atoms with Crippen molar-refractivity contribution in [3.05, 3.63) is 58.5 Å². The molecule has 1 unspecified atom stereocenters. The molecule has 1 atom stereocenters. The molecule has 0 aliphatic heterocycles. The Bertz CT molecular complexity index is 566. The number of hydrogen-bond acceptors (Lipinski definition) is 3. The number of nitrogens with one attached hydrogen (secondary N) is 1. The fourth-order valence-corrected chi connectivity index (χ4v) is 2.40. The van der Waals surface area contributed by atoms with Crippen molar-refractivity contribution < 1.29 is 9.21 Å². The average Bonchev–Trinajstić information content (AvgIpc) is 2.85. The Kier molecular flexibility index (Phi) is 4.98. The summed E-state index contributed by atoms with van der Waals surface area (Å²) in [6.07, 6.45) is 1.49. The van der Waals surface area contributed by atoms with E-state index in [1.807, 2.05) is 49.3 Å². The van der Waals surface area contributed by atoms with Crippen LogP contribution < -0.4 is 5.32 Å². The Labute approximate surface area is 126 Å². The highest BCUT2D eigenvalue weighted by molar-refractivity contribution is 9.10. The highest BCUT2D eigenvalue weighted by Crippen LogP contribution is 2.19. The first kappa shape index (κ1) is 14.8. The fraction of sp³-hybridized carbons (Fsp3) is 0.267. The van der Waals surface area contributed by atoms with E-state index in [2.05, 4.69) is 21.2 Å². The second-order valence-electron chi connectivity index (χ2n) is 4.81. The van der Waals surface area contributed by atoms with Crippen LogP contribution in [0, 0.1) is 0 Å². The first-order chi connectivity index (χ1) is 9.58. The van der Waals surface area contributed by atoms with E-state index in [1.54, 1.807) is 6.07 Å². The summed E-state index contributed by atoms with van der Waals surface area (Å²) in [6, 6.07) is 11.5. The molecule has 0 saturated carbocycles. The number of hydrogen-bond donors (Lipinski definition) is 1. The molecular formula is C15H17BrN2O2. The molecule has 106 valence electrons. The van der Waals surface area contributed by atoms with E-state index in [0.29, 0.717) is 10.2 Å². The van der Waals surface area contributed by atoms with Gasteiger partial charge in [0, 0.05) is 6.54 Å². The van der Waals surface area contributed by atoms with Crippen molar-refractivity contribution in [3.63, 3.8) is 0 Å². The van der Waals surface area contributed by atoms with E-state index in [9.17, 15) is 4.79 Å². The van der Waals surface area contributed by atoms with Gasteiger partial charge in [0.05, 0.1) is 17.9 Å². The largest absolute Gasteiger partial charge is 0.457 e. The van der Waals surface area contributed by atoms with Gasteiger partial charge >= 0.3 is 0 Å². The summed E-state index contributed by atoms with van der Waals surface area (Å²) in [7, 11) is 3.96. The minimum Gasteiger partial charge on any atom is -0.457 e. The van der Waals surface area contributed by atoms with Crippen LogP contribution in [0.3, 0.4) is 0 Å². The van der Waals surface area contributed by atoms with Crippen LogP contribution in [-0.2, 0) is 0 Å². The third kappa shape index (κ3) is 3.71. The smallest absolute Gasteiger partial charge is 0.256 e. The maximum absolute atomic E-state index is 12.3. The summed E-state index contributed by atoms with van der Waals surface area (Å²) in [5.74, 6) is -0.152. The molecule has 1 N–H and O–H groups in total. The van der Waals surface area contributed by atoms with Gasteiger partial charge in [0.2, 0.25) is 0 Å². The molecule has 0 bridgehead atoms. The van der Waals surface area contributed by atoms with E-state index in [1.165, 1.54) is 6.26 Å². The summed E-state index contributed by atoms with van der Waals surface area (Å²) in [6.45, 7) is 0.727. The van der Waals surface area contributed by atoms with Gasteiger partial charge in [0.25, 0.3) is 5.91 Å². The SMILES string of the molecule is CN(C)CC(NC(=O)c1ccoc1Br)c1ccccc1. The van der Waals surface area contributed by atoms with Crippen molar-refractivity contribution in [2.24, 2.45) is 0 Å². The minimum atomic E-state index is -0.152. The maximum atomic E-state index is 12.3. The van der Waals surface area contributed by atoms with Crippen molar-refractivity contribution in [1.29, 1.82) is 0 Å². The second kappa shape index (κ2) is 6.72. The zero-order valence-corrected chi connectivity index (χ0v) is 13.1. The number of carbonyl (C=O) groups is 1. The number of amides is 1. The first-order valence-electron chi connectivity index (χ1n) is 6.31. The van der Waals surface area contributed by atoms with Crippen LogP contribution >= 0.6 is 15.9 Å². The average molecular weight is 337 g/mol. The number of carbonyl (C=O) groups excluding carboxylic acids is 1. The molecule has 4 nitrogen and oxygen atoms in total. The number of nitrogens with zero attached hydrogens (tertiary/aromatic N) is 1. The third-order valence-electron chi connectivity index (χ3n) is 2.92. The molecule has 0 radical (unpaired) electrons. The number of rotatable bonds is 5. The van der Waals surface area contributed by atoms with Crippen LogP contribution in [0.1, 0.15) is 22.0 Å². The highest BCUT2D eigenvalue weighted by atomic mass is 79.9. The fourth-order valence-electron chi connectivity index (χ4n) is 1.98. The number of likely N-dealkylation sites (N-methyl/N-ethyl adjacent to an activating group) is 1. The Morgan fingerprint density at radius 3 is 2.55 bits per heavy atom. The molecule has 2 aromatic rings. The van der Waals surface area contributed by atoms with Gasteiger partial charge in [-0.3, -0.25) is 4.79 Å². The van der Waals surface area contributed by atoms with Gasteiger partial charge in [-0.25, -0.2) is 0 Å². The number of benzene rings is 1. The zero-order chi connectivity index (χ0) is 14.5. The molecule has 1 aromatic heterocycles. The molecule has 20 heavy (non-hydrogen) atoms. The summed E-state index contributed by atoms with van der Waals surface area (Å²) in [4.78, 5) is 14.3. The molecule has 0 fully saturated rings. The van der Waals surface area contributed by atoms with Crippen molar-refractivity contribution >= 4 is 21.8 Å². The van der Waals surface area contributed by atoms with Crippen molar-refractivity contribution in [1.82, 2.24) is 10.2 Å². The summed E-state index contributed by atoms with van der Waals surface area (Å²) in [5, 5.41) is 3.04. The molecule has 1 heterocycles. The third-order valence-corrected chi connectivity index (χ3v) is 3.53. The summed E-state index contributed by atoms with van der Waals surface area (Å²) in [5.41, 5.74) is 1.58. The molecule has 1 amide bonds. The molecule has 0 saturated heterocycles.